The van der Waals surface area contributed by atoms with E-state index in [1.54, 1.807) is 27.0 Å². The van der Waals surface area contributed by atoms with Crippen molar-refractivity contribution in [3.8, 4) is 0 Å². The van der Waals surface area contributed by atoms with Crippen molar-refractivity contribution < 1.29 is 58.3 Å². The lowest BCUT2D eigenvalue weighted by atomic mass is 9.41. The summed E-state index contributed by atoms with van der Waals surface area (Å²) in [5.74, 6) is -6.54. The number of ether oxygens (including phenoxy) is 3. The fraction of sp³-hybridized carbons (Fsp3) is 0.778. The van der Waals surface area contributed by atoms with Crippen LogP contribution in [0.25, 0.3) is 0 Å². The molecule has 0 aromatic carbocycles. The molecule has 0 bridgehead atoms. The first-order valence-electron chi connectivity index (χ1n) is 21.3. The molecule has 0 aromatic rings. The van der Waals surface area contributed by atoms with E-state index < -0.39 is 87.3 Å². The van der Waals surface area contributed by atoms with Gasteiger partial charge in [0.15, 0.2) is 11.6 Å². The van der Waals surface area contributed by atoms with Crippen molar-refractivity contribution in [3.05, 3.63) is 23.3 Å². The third-order valence-corrected chi connectivity index (χ3v) is 16.9. The number of hydrogen-bond acceptors (Lipinski definition) is 12. The van der Waals surface area contributed by atoms with Gasteiger partial charge >= 0.3 is 17.9 Å². The van der Waals surface area contributed by atoms with E-state index in [1.165, 1.54) is 25.2 Å². The van der Waals surface area contributed by atoms with Gasteiger partial charge in [-0.3, -0.25) is 24.0 Å². The number of carbonyl (C=O) groups excluding carboxylic acids is 6. The number of methoxy groups -OCH3 is 2. The fourth-order valence-electron chi connectivity index (χ4n) is 14.0. The zero-order valence-corrected chi connectivity index (χ0v) is 35.7. The number of rotatable bonds is 7. The van der Waals surface area contributed by atoms with Gasteiger partial charge in [0, 0.05) is 49.4 Å². The van der Waals surface area contributed by atoms with Crippen LogP contribution in [-0.2, 0) is 43.0 Å². The molecule has 6 aliphatic carbocycles. The van der Waals surface area contributed by atoms with E-state index >= 15 is 0 Å². The fourth-order valence-corrected chi connectivity index (χ4v) is 14.0. The Morgan fingerprint density at radius 1 is 0.759 bits per heavy atom. The van der Waals surface area contributed by atoms with Crippen molar-refractivity contribution in [2.75, 3.05) is 34.4 Å². The molecule has 0 spiro atoms. The molecule has 0 aromatic heterocycles. The van der Waals surface area contributed by atoms with Gasteiger partial charge in [-0.15, -0.1) is 0 Å². The third kappa shape index (κ3) is 6.60. The van der Waals surface area contributed by atoms with Gasteiger partial charge in [0.25, 0.3) is 0 Å². The molecule has 1 amide bonds. The summed E-state index contributed by atoms with van der Waals surface area (Å²) >= 11 is 0. The average Bonchev–Trinajstić information content (AvgIpc) is 3.18. The number of Topliss-reactive ketones (excluding diaryl/α,β-unsaturated/α-hetero) is 2. The molecule has 15 atom stereocenters. The molecule has 3 N–H and O–H groups in total. The molecule has 0 heterocycles. The molecule has 6 aliphatic rings. The number of allylic oxidation sites excluding steroid dienone is 2. The highest BCUT2D eigenvalue weighted by Crippen LogP contribution is 2.66. The van der Waals surface area contributed by atoms with Gasteiger partial charge in [0.2, 0.25) is 5.91 Å². The minimum Gasteiger partial charge on any atom is -0.469 e. The minimum absolute atomic E-state index is 0.0778. The van der Waals surface area contributed by atoms with Crippen LogP contribution in [0.4, 0.5) is 0 Å². The number of esters is 3. The molecule has 6 fully saturated rings. The highest BCUT2D eigenvalue weighted by molar-refractivity contribution is 5.95. The Balaban J connectivity index is 1.24. The SMILES string of the molecule is COC(=O)C1(C)CCCC2(C)C3CCC(=CC(=O)OC4CCC5(C)C6CCC(=CC(=O)N(C)CCO)C(C)C6C(O)C(=O)C5C4(C)C(=O)OC)C(C)C3C(O)C(=O)C12. The number of hydrogen-bond donors (Lipinski definition) is 3. The monoisotopic (exact) mass is 811 g/mol. The molecule has 58 heavy (non-hydrogen) atoms. The summed E-state index contributed by atoms with van der Waals surface area (Å²) in [6.45, 7) is 11.3. The van der Waals surface area contributed by atoms with Gasteiger partial charge in [0.05, 0.1) is 26.2 Å². The van der Waals surface area contributed by atoms with Gasteiger partial charge in [-0.2, -0.15) is 0 Å². The number of likely N-dealkylation sites (N-methyl/N-ethyl adjacent to an activating group) is 1. The van der Waals surface area contributed by atoms with Gasteiger partial charge in [-0.05, 0) is 99.7 Å². The summed E-state index contributed by atoms with van der Waals surface area (Å²) in [6, 6.07) is 0. The lowest BCUT2D eigenvalue weighted by molar-refractivity contribution is -0.214. The van der Waals surface area contributed by atoms with Crippen molar-refractivity contribution in [3.63, 3.8) is 0 Å². The van der Waals surface area contributed by atoms with Crippen LogP contribution < -0.4 is 0 Å². The van der Waals surface area contributed by atoms with Gasteiger partial charge < -0.3 is 34.4 Å². The van der Waals surface area contributed by atoms with Crippen LogP contribution in [0, 0.1) is 69.0 Å². The Hall–Kier alpha value is -3.42. The predicted octanol–water partition coefficient (Wildman–Crippen LogP) is 3.99. The zero-order chi connectivity index (χ0) is 42.9. The first-order valence-corrected chi connectivity index (χ1v) is 21.3. The van der Waals surface area contributed by atoms with Crippen LogP contribution in [0.3, 0.4) is 0 Å². The van der Waals surface area contributed by atoms with E-state index in [9.17, 15) is 44.1 Å². The number of carbonyl (C=O) groups is 6. The van der Waals surface area contributed by atoms with Crippen molar-refractivity contribution in [2.24, 2.45) is 69.0 Å². The normalized spacial score (nSPS) is 44.9. The van der Waals surface area contributed by atoms with Crippen LogP contribution in [0.15, 0.2) is 23.3 Å². The van der Waals surface area contributed by atoms with Gasteiger partial charge in [-0.1, -0.05) is 45.3 Å². The quantitative estimate of drug-likeness (QED) is 0.191. The van der Waals surface area contributed by atoms with Crippen molar-refractivity contribution in [2.45, 2.75) is 118 Å². The number of fused-ring (bicyclic) bond motifs is 6. The number of aliphatic hydroxyl groups is 3. The standard InChI is InChI=1S/C45H65NO12/c1-23-25(21-30(48)46(7)19-20-47)11-13-28-32(23)35(51)37(53)39-43(28,4)18-15-29(45(39,6)41(55)57-9)58-31(49)22-26-12-14-27-33(24(26)2)34(50)36(52)38-42(27,3)16-10-17-44(38,5)40(54)56-8/h21-24,27-29,32-35,38-39,47,50-51H,10-20H2,1-9H3. The Labute approximate surface area is 342 Å². The maximum Gasteiger partial charge on any atom is 0.331 e. The zero-order valence-electron chi connectivity index (χ0n) is 35.7. The number of amides is 1. The molecule has 0 aliphatic heterocycles. The van der Waals surface area contributed by atoms with Crippen LogP contribution in [-0.4, -0.2) is 108 Å². The summed E-state index contributed by atoms with van der Waals surface area (Å²) < 4.78 is 16.7. The second kappa shape index (κ2) is 15.9. The summed E-state index contributed by atoms with van der Waals surface area (Å²) in [6.07, 6.45) is 4.15. The summed E-state index contributed by atoms with van der Waals surface area (Å²) in [5, 5.41) is 32.7. The van der Waals surface area contributed by atoms with E-state index in [2.05, 4.69) is 6.92 Å². The highest BCUT2D eigenvalue weighted by atomic mass is 16.6. The molecule has 6 saturated carbocycles. The number of ketones is 2. The molecule has 6 rings (SSSR count). The Morgan fingerprint density at radius 3 is 1.81 bits per heavy atom. The summed E-state index contributed by atoms with van der Waals surface area (Å²) in [7, 11) is 4.17. The highest BCUT2D eigenvalue weighted by Gasteiger charge is 2.70. The van der Waals surface area contributed by atoms with E-state index in [4.69, 9.17) is 14.2 Å². The largest absolute Gasteiger partial charge is 0.469 e. The molecular weight excluding hydrogens is 746 g/mol. The van der Waals surface area contributed by atoms with Crippen molar-refractivity contribution >= 4 is 35.4 Å². The van der Waals surface area contributed by atoms with Gasteiger partial charge in [-0.25, -0.2) is 4.79 Å². The Morgan fingerprint density at radius 2 is 1.28 bits per heavy atom. The van der Waals surface area contributed by atoms with E-state index in [-0.39, 0.29) is 54.9 Å². The van der Waals surface area contributed by atoms with Crippen LogP contribution in [0.5, 0.6) is 0 Å². The topological polar surface area (TPSA) is 194 Å². The second-order valence-electron chi connectivity index (χ2n) is 19.5. The average molecular weight is 812 g/mol. The molecule has 322 valence electrons. The molecule has 0 radical (unpaired) electrons. The lowest BCUT2D eigenvalue weighted by Crippen LogP contribution is -2.68. The second-order valence-corrected chi connectivity index (χ2v) is 19.5. The van der Waals surface area contributed by atoms with Crippen molar-refractivity contribution in [1.29, 1.82) is 0 Å². The lowest BCUT2D eigenvalue weighted by Gasteiger charge is -2.62. The smallest absolute Gasteiger partial charge is 0.331 e. The molecule has 0 saturated heterocycles. The van der Waals surface area contributed by atoms with Crippen LogP contribution in [0.2, 0.25) is 0 Å². The first-order chi connectivity index (χ1) is 27.2. The molecule has 15 unspecified atom stereocenters. The Kier molecular flexibility index (Phi) is 12.1. The maximum atomic E-state index is 14.5. The predicted molar refractivity (Wildman–Crippen MR) is 210 cm³/mol. The van der Waals surface area contributed by atoms with E-state index in [0.717, 1.165) is 24.0 Å². The number of aliphatic hydroxyl groups excluding tert-OH is 3. The first kappa shape index (κ1) is 44.1. The van der Waals surface area contributed by atoms with Gasteiger partial charge in [0.1, 0.15) is 23.7 Å². The Bertz CT molecular complexity index is 1770. The summed E-state index contributed by atoms with van der Waals surface area (Å²) in [5.41, 5.74) is -2.40. The summed E-state index contributed by atoms with van der Waals surface area (Å²) in [4.78, 5) is 83.9. The van der Waals surface area contributed by atoms with Crippen molar-refractivity contribution in [1.82, 2.24) is 4.90 Å². The van der Waals surface area contributed by atoms with Crippen LogP contribution >= 0.6 is 0 Å². The molecule has 13 nitrogen and oxygen atoms in total. The van der Waals surface area contributed by atoms with Crippen LogP contribution in [0.1, 0.15) is 99.3 Å². The number of nitrogens with zero attached hydrogens (tertiary/aromatic N) is 1. The maximum absolute atomic E-state index is 14.5. The van der Waals surface area contributed by atoms with E-state index in [1.807, 2.05) is 20.8 Å². The van der Waals surface area contributed by atoms with E-state index in [0.29, 0.717) is 38.5 Å². The molecular formula is C45H65NO12. The third-order valence-electron chi connectivity index (χ3n) is 16.9. The molecule has 13 heteroatoms. The minimum atomic E-state index is -1.62.